The Hall–Kier alpha value is -1.75. The molecule has 0 saturated carbocycles. The third-order valence-corrected chi connectivity index (χ3v) is 5.68. The maximum absolute atomic E-state index is 11.8. The summed E-state index contributed by atoms with van der Waals surface area (Å²) in [6, 6.07) is 9.82. The van der Waals surface area contributed by atoms with Gasteiger partial charge in [-0.15, -0.1) is 11.8 Å². The van der Waals surface area contributed by atoms with Crippen LogP contribution in [0.4, 0.5) is 4.79 Å². The minimum atomic E-state index is -0.449. The molecule has 1 aromatic carbocycles. The lowest BCUT2D eigenvalue weighted by Crippen LogP contribution is -2.39. The Bertz CT molecular complexity index is 704. The summed E-state index contributed by atoms with van der Waals surface area (Å²) in [4.78, 5) is 24.6. The minimum Gasteiger partial charge on any atom is -0.344 e. The predicted octanol–water partition coefficient (Wildman–Crippen LogP) is 3.03. The standard InChI is InChI=1S/C21H32N4O4S/c1-5-16(2)22-21(26)23-19-14-30-20(28-19)11-18(29-27)13-25(4)15-24(3)12-17-9-7-6-8-10-17/h5-10,18-20,27H,1,11-15H2,2-4H3,(H,23,26)/b22-16-. The molecule has 1 aliphatic rings. The molecule has 0 bridgehead atoms. The smallest absolute Gasteiger partial charge is 0.343 e. The minimum absolute atomic E-state index is 0.174. The molecule has 30 heavy (non-hydrogen) atoms. The van der Waals surface area contributed by atoms with Crippen molar-refractivity contribution in [1.29, 1.82) is 0 Å². The van der Waals surface area contributed by atoms with Gasteiger partial charge in [0.15, 0.2) is 0 Å². The van der Waals surface area contributed by atoms with Crippen LogP contribution in [0.5, 0.6) is 0 Å². The summed E-state index contributed by atoms with van der Waals surface area (Å²) in [5.74, 6) is 0.618. The largest absolute Gasteiger partial charge is 0.344 e. The number of urea groups is 1. The van der Waals surface area contributed by atoms with Gasteiger partial charge < -0.3 is 10.1 Å². The van der Waals surface area contributed by atoms with Crippen LogP contribution in [0.2, 0.25) is 0 Å². The molecule has 2 rings (SSSR count). The molecule has 8 nitrogen and oxygen atoms in total. The number of carbonyl (C=O) groups excluding carboxylic acids is 1. The third kappa shape index (κ3) is 8.95. The first-order valence-corrected chi connectivity index (χ1v) is 10.9. The molecule has 3 unspecified atom stereocenters. The van der Waals surface area contributed by atoms with E-state index >= 15 is 0 Å². The van der Waals surface area contributed by atoms with Crippen LogP contribution in [0.1, 0.15) is 18.9 Å². The SMILES string of the molecule is C=C/C(C)=N\C(=O)NC1CSC(CC(CN(C)CN(C)Cc2ccccc2)OO)O1. The highest BCUT2D eigenvalue weighted by Gasteiger charge is 2.30. The van der Waals surface area contributed by atoms with E-state index in [2.05, 4.69) is 45.9 Å². The van der Waals surface area contributed by atoms with Gasteiger partial charge in [-0.1, -0.05) is 36.9 Å². The number of ether oxygens (including phenoxy) is 1. The Kier molecular flexibility index (Phi) is 10.5. The Morgan fingerprint density at radius 1 is 1.43 bits per heavy atom. The number of carbonyl (C=O) groups is 1. The summed E-state index contributed by atoms with van der Waals surface area (Å²) < 4.78 is 5.84. The van der Waals surface area contributed by atoms with Gasteiger partial charge >= 0.3 is 6.03 Å². The van der Waals surface area contributed by atoms with Crippen molar-refractivity contribution in [1.82, 2.24) is 15.1 Å². The van der Waals surface area contributed by atoms with E-state index < -0.39 is 18.4 Å². The number of likely N-dealkylation sites (N-methyl/N-ethyl adjacent to an activating group) is 1. The van der Waals surface area contributed by atoms with E-state index in [1.807, 2.05) is 25.2 Å². The van der Waals surface area contributed by atoms with Crippen molar-refractivity contribution >= 4 is 23.5 Å². The lowest BCUT2D eigenvalue weighted by atomic mass is 10.2. The van der Waals surface area contributed by atoms with Crippen molar-refractivity contribution in [2.75, 3.05) is 33.1 Å². The van der Waals surface area contributed by atoms with Gasteiger partial charge in [-0.2, -0.15) is 4.99 Å². The second-order valence-corrected chi connectivity index (χ2v) is 8.63. The molecule has 1 saturated heterocycles. The first-order valence-electron chi connectivity index (χ1n) is 9.86. The van der Waals surface area contributed by atoms with Crippen LogP contribution in [-0.2, 0) is 16.2 Å². The summed E-state index contributed by atoms with van der Waals surface area (Å²) in [6.07, 6.45) is 1.22. The average molecular weight is 437 g/mol. The van der Waals surface area contributed by atoms with Gasteiger partial charge in [0, 0.05) is 31.0 Å². The van der Waals surface area contributed by atoms with E-state index in [-0.39, 0.29) is 5.44 Å². The number of rotatable bonds is 11. The van der Waals surface area contributed by atoms with Gasteiger partial charge in [0.2, 0.25) is 0 Å². The average Bonchev–Trinajstić information content (AvgIpc) is 3.14. The van der Waals surface area contributed by atoms with E-state index in [1.54, 1.807) is 18.7 Å². The topological polar surface area (TPSA) is 86.6 Å². The summed E-state index contributed by atoms with van der Waals surface area (Å²) in [5.41, 5.74) is 1.62. The lowest BCUT2D eigenvalue weighted by Gasteiger charge is -2.27. The molecule has 0 radical (unpaired) electrons. The van der Waals surface area contributed by atoms with Crippen LogP contribution >= 0.6 is 11.8 Å². The highest BCUT2D eigenvalue weighted by molar-refractivity contribution is 8.00. The number of amides is 2. The summed E-state index contributed by atoms with van der Waals surface area (Å²) in [6.45, 7) is 7.40. The zero-order valence-corrected chi connectivity index (χ0v) is 18.7. The molecule has 0 aromatic heterocycles. The number of nitrogens with zero attached hydrogens (tertiary/aromatic N) is 3. The molecule has 1 aliphatic heterocycles. The van der Waals surface area contributed by atoms with Gasteiger partial charge in [-0.25, -0.2) is 9.68 Å². The van der Waals surface area contributed by atoms with E-state index in [0.717, 1.165) is 13.2 Å². The normalized spacial score (nSPS) is 20.5. The molecular formula is C21H32N4O4S. The predicted molar refractivity (Wildman–Crippen MR) is 120 cm³/mol. The Morgan fingerprint density at radius 3 is 2.83 bits per heavy atom. The van der Waals surface area contributed by atoms with Crippen molar-refractivity contribution in [3.63, 3.8) is 0 Å². The Morgan fingerprint density at radius 2 is 2.17 bits per heavy atom. The van der Waals surface area contributed by atoms with E-state index in [0.29, 0.717) is 24.4 Å². The fraction of sp³-hybridized carbons (Fsp3) is 0.524. The number of hydrogen-bond donors (Lipinski definition) is 2. The zero-order chi connectivity index (χ0) is 21.9. The molecular weight excluding hydrogens is 404 g/mol. The van der Waals surface area contributed by atoms with E-state index in [4.69, 9.17) is 9.62 Å². The molecule has 1 aromatic rings. The number of allylic oxidation sites excluding steroid dienone is 1. The Labute approximate surface area is 182 Å². The van der Waals surface area contributed by atoms with Crippen LogP contribution in [0.15, 0.2) is 48.0 Å². The van der Waals surface area contributed by atoms with Crippen molar-refractivity contribution in [2.45, 2.75) is 37.7 Å². The molecule has 9 heteroatoms. The van der Waals surface area contributed by atoms with Crippen molar-refractivity contribution in [3.05, 3.63) is 48.6 Å². The van der Waals surface area contributed by atoms with Gasteiger partial charge in [0.05, 0.1) is 6.67 Å². The molecule has 2 N–H and O–H groups in total. The lowest BCUT2D eigenvalue weighted by molar-refractivity contribution is -0.284. The van der Waals surface area contributed by atoms with Gasteiger partial charge in [-0.3, -0.25) is 15.1 Å². The van der Waals surface area contributed by atoms with Crippen molar-refractivity contribution < 1.29 is 19.7 Å². The summed E-state index contributed by atoms with van der Waals surface area (Å²) in [5, 5.41) is 12.1. The molecule has 1 heterocycles. The van der Waals surface area contributed by atoms with Crippen LogP contribution in [0, 0.1) is 0 Å². The van der Waals surface area contributed by atoms with Gasteiger partial charge in [-0.05, 0) is 32.7 Å². The summed E-state index contributed by atoms with van der Waals surface area (Å²) in [7, 11) is 4.04. The molecule has 0 aliphatic carbocycles. The molecule has 0 spiro atoms. The molecule has 1 fully saturated rings. The van der Waals surface area contributed by atoms with Crippen LogP contribution in [0.25, 0.3) is 0 Å². The molecule has 166 valence electrons. The van der Waals surface area contributed by atoms with Crippen LogP contribution in [-0.4, -0.2) is 77.6 Å². The highest BCUT2D eigenvalue weighted by atomic mass is 32.2. The summed E-state index contributed by atoms with van der Waals surface area (Å²) >= 11 is 1.58. The maximum atomic E-state index is 11.8. The number of nitrogens with one attached hydrogen (secondary N) is 1. The van der Waals surface area contributed by atoms with Gasteiger partial charge in [0.25, 0.3) is 0 Å². The third-order valence-electron chi connectivity index (χ3n) is 4.51. The fourth-order valence-corrected chi connectivity index (χ4v) is 4.27. The van der Waals surface area contributed by atoms with E-state index in [9.17, 15) is 10.1 Å². The fourth-order valence-electron chi connectivity index (χ4n) is 3.16. The maximum Gasteiger partial charge on any atom is 0.343 e. The number of aliphatic imine (C=N–C) groups is 1. The number of benzene rings is 1. The molecule has 3 atom stereocenters. The molecule has 2 amide bonds. The van der Waals surface area contributed by atoms with Crippen LogP contribution in [0.3, 0.4) is 0 Å². The highest BCUT2D eigenvalue weighted by Crippen LogP contribution is 2.28. The van der Waals surface area contributed by atoms with Crippen molar-refractivity contribution in [2.24, 2.45) is 4.99 Å². The first kappa shape index (κ1) is 24.5. The monoisotopic (exact) mass is 436 g/mol. The zero-order valence-electron chi connectivity index (χ0n) is 17.9. The second kappa shape index (κ2) is 12.8. The first-order chi connectivity index (χ1) is 14.4. The van der Waals surface area contributed by atoms with Crippen LogP contribution < -0.4 is 5.32 Å². The second-order valence-electron chi connectivity index (χ2n) is 7.44. The van der Waals surface area contributed by atoms with E-state index in [1.165, 1.54) is 11.6 Å². The van der Waals surface area contributed by atoms with Crippen molar-refractivity contribution in [3.8, 4) is 0 Å². The number of thioether (sulfide) groups is 1. The van der Waals surface area contributed by atoms with Gasteiger partial charge in [0.1, 0.15) is 17.8 Å². The number of hydrogen-bond acceptors (Lipinski definition) is 7. The quantitative estimate of drug-likeness (QED) is 0.239. The Balaban J connectivity index is 1.73.